The first kappa shape index (κ1) is 15.1. The molecule has 0 aromatic heterocycles. The van der Waals surface area contributed by atoms with Gasteiger partial charge in [-0.2, -0.15) is 0 Å². The van der Waals surface area contributed by atoms with Crippen molar-refractivity contribution in [2.75, 3.05) is 5.32 Å². The van der Waals surface area contributed by atoms with E-state index >= 15 is 0 Å². The molecule has 122 valence electrons. The molecule has 0 saturated heterocycles. The van der Waals surface area contributed by atoms with Crippen molar-refractivity contribution in [3.63, 3.8) is 0 Å². The van der Waals surface area contributed by atoms with E-state index in [1.807, 2.05) is 18.2 Å². The Balaban J connectivity index is 2.13. The van der Waals surface area contributed by atoms with Gasteiger partial charge in [-0.1, -0.05) is 35.9 Å². The first-order chi connectivity index (χ1) is 11.5. The molecule has 0 bridgehead atoms. The number of rotatable bonds is 2. The van der Waals surface area contributed by atoms with Gasteiger partial charge in [0.05, 0.1) is 0 Å². The van der Waals surface area contributed by atoms with Crippen molar-refractivity contribution in [1.82, 2.24) is 0 Å². The lowest BCUT2D eigenvalue weighted by atomic mass is 9.86. The van der Waals surface area contributed by atoms with Gasteiger partial charge in [-0.25, -0.2) is 0 Å². The molecule has 2 aromatic carbocycles. The predicted octanol–water partition coefficient (Wildman–Crippen LogP) is 4.20. The fraction of sp³-hybridized carbons (Fsp3) is 0.273. The van der Waals surface area contributed by atoms with E-state index in [0.717, 1.165) is 24.4 Å². The average molecular weight is 317 g/mol. The maximum absolute atomic E-state index is 6.27. The van der Waals surface area contributed by atoms with Gasteiger partial charge in [0.25, 0.3) is 0 Å². The number of hydrogen-bond donors (Lipinski definition) is 1. The van der Waals surface area contributed by atoms with Gasteiger partial charge in [0.15, 0.2) is 0 Å². The molecule has 4 rings (SSSR count). The van der Waals surface area contributed by atoms with E-state index in [0.29, 0.717) is 0 Å². The minimum absolute atomic E-state index is 0.0807. The molecule has 2 aromatic rings. The fourth-order valence-corrected chi connectivity index (χ4v) is 4.06. The van der Waals surface area contributed by atoms with Crippen LogP contribution in [0.15, 0.2) is 49.1 Å². The summed E-state index contributed by atoms with van der Waals surface area (Å²) in [7, 11) is 0. The summed E-state index contributed by atoms with van der Waals surface area (Å²) in [6, 6.07) is 12.7. The van der Waals surface area contributed by atoms with Crippen molar-refractivity contribution in [3.05, 3.63) is 59.5 Å². The van der Waals surface area contributed by atoms with Crippen LogP contribution in [-0.4, -0.2) is 5.54 Å². The summed E-state index contributed by atoms with van der Waals surface area (Å²) in [4.78, 5) is 0. The van der Waals surface area contributed by atoms with E-state index in [1.54, 1.807) is 0 Å². The highest BCUT2D eigenvalue weighted by atomic mass is 16.5. The topological polar surface area (TPSA) is 21.3 Å². The van der Waals surface area contributed by atoms with Crippen molar-refractivity contribution < 1.29 is 4.74 Å². The molecule has 24 heavy (non-hydrogen) atoms. The van der Waals surface area contributed by atoms with Crippen molar-refractivity contribution in [3.8, 4) is 16.9 Å². The molecule has 0 unspecified atom stereocenters. The van der Waals surface area contributed by atoms with E-state index in [4.69, 9.17) is 4.74 Å². The third-order valence-electron chi connectivity index (χ3n) is 4.83. The Bertz CT molecular complexity index is 966. The summed E-state index contributed by atoms with van der Waals surface area (Å²) in [6.07, 6.45) is 3.68. The van der Waals surface area contributed by atoms with Gasteiger partial charge in [0, 0.05) is 33.6 Å². The zero-order chi connectivity index (χ0) is 16.9. The van der Waals surface area contributed by atoms with Crippen LogP contribution in [-0.2, 0) is 0 Å². The highest BCUT2D eigenvalue weighted by molar-refractivity contribution is 5.80. The van der Waals surface area contributed by atoms with E-state index in [-0.39, 0.29) is 5.54 Å². The molecule has 0 aliphatic carbocycles. The minimum atomic E-state index is 0.0807. The predicted molar refractivity (Wildman–Crippen MR) is 101 cm³/mol. The number of ether oxygens (including phenoxy) is 1. The Morgan fingerprint density at radius 2 is 1.92 bits per heavy atom. The van der Waals surface area contributed by atoms with E-state index in [1.165, 1.54) is 32.8 Å². The summed E-state index contributed by atoms with van der Waals surface area (Å²) >= 11 is 0. The molecule has 2 aliphatic heterocycles. The SMILES string of the molecule is C=CCC1=c2c(ccc3c2=C(C)CC(C)(C)N3)-c2ccccc2O1. The van der Waals surface area contributed by atoms with Crippen LogP contribution < -0.4 is 20.5 Å². The van der Waals surface area contributed by atoms with Crippen LogP contribution in [0, 0.1) is 0 Å². The van der Waals surface area contributed by atoms with Gasteiger partial charge in [-0.15, -0.1) is 6.58 Å². The third-order valence-corrected chi connectivity index (χ3v) is 4.83. The Morgan fingerprint density at radius 1 is 1.12 bits per heavy atom. The molecule has 0 atom stereocenters. The number of anilines is 1. The highest BCUT2D eigenvalue weighted by Gasteiger charge is 2.27. The largest absolute Gasteiger partial charge is 0.460 e. The molecule has 2 aliphatic rings. The van der Waals surface area contributed by atoms with Crippen LogP contribution in [0.3, 0.4) is 0 Å². The van der Waals surface area contributed by atoms with Crippen molar-refractivity contribution in [2.45, 2.75) is 39.2 Å². The Labute approximate surface area is 143 Å². The fourth-order valence-electron chi connectivity index (χ4n) is 4.06. The molecule has 2 heterocycles. The Morgan fingerprint density at radius 3 is 2.71 bits per heavy atom. The van der Waals surface area contributed by atoms with Gasteiger partial charge in [-0.05, 0) is 44.9 Å². The molecular weight excluding hydrogens is 294 g/mol. The summed E-state index contributed by atoms with van der Waals surface area (Å²) in [5.41, 5.74) is 5.12. The molecule has 0 spiro atoms. The number of fused-ring (bicyclic) bond motifs is 5. The lowest BCUT2D eigenvalue weighted by Crippen LogP contribution is -2.45. The van der Waals surface area contributed by atoms with Gasteiger partial charge in [0.1, 0.15) is 11.5 Å². The van der Waals surface area contributed by atoms with Gasteiger partial charge >= 0.3 is 0 Å². The molecule has 0 radical (unpaired) electrons. The summed E-state index contributed by atoms with van der Waals surface area (Å²) in [5, 5.41) is 6.22. The Hall–Kier alpha value is -2.48. The van der Waals surface area contributed by atoms with Crippen LogP contribution in [0.1, 0.15) is 33.6 Å². The smallest absolute Gasteiger partial charge is 0.134 e. The summed E-state index contributed by atoms with van der Waals surface area (Å²) in [5.74, 6) is 1.93. The molecule has 0 saturated carbocycles. The minimum Gasteiger partial charge on any atom is -0.460 e. The van der Waals surface area contributed by atoms with Crippen LogP contribution in [0.4, 0.5) is 5.69 Å². The second-order valence-electron chi connectivity index (χ2n) is 7.39. The van der Waals surface area contributed by atoms with Crippen LogP contribution >= 0.6 is 0 Å². The number of benzene rings is 2. The molecular formula is C22H23NO. The second-order valence-corrected chi connectivity index (χ2v) is 7.39. The average Bonchev–Trinajstić information content (AvgIpc) is 2.53. The van der Waals surface area contributed by atoms with Gasteiger partial charge < -0.3 is 10.1 Å². The molecule has 1 N–H and O–H groups in total. The maximum atomic E-state index is 6.27. The third kappa shape index (κ3) is 2.25. The number of hydrogen-bond acceptors (Lipinski definition) is 2. The van der Waals surface area contributed by atoms with Crippen LogP contribution in [0.2, 0.25) is 0 Å². The number of nitrogens with one attached hydrogen (secondary N) is 1. The summed E-state index contributed by atoms with van der Waals surface area (Å²) < 4.78 is 6.27. The molecule has 2 heteroatoms. The lowest BCUT2D eigenvalue weighted by Gasteiger charge is -2.34. The van der Waals surface area contributed by atoms with Crippen LogP contribution in [0.25, 0.3) is 22.5 Å². The number of para-hydroxylation sites is 1. The lowest BCUT2D eigenvalue weighted by molar-refractivity contribution is 0.491. The standard InChI is InChI=1S/C22H23NO/c1-5-8-19-21-16(15-9-6-7-10-18(15)24-19)11-12-17-20(21)14(2)13-22(3,4)23-17/h5-7,9-12,23H,1,8,13H2,2-4H3. The Kier molecular flexibility index (Phi) is 3.31. The molecule has 0 fully saturated rings. The summed E-state index contributed by atoms with van der Waals surface area (Å²) in [6.45, 7) is 10.7. The molecule has 2 nitrogen and oxygen atoms in total. The van der Waals surface area contributed by atoms with Crippen molar-refractivity contribution in [2.24, 2.45) is 0 Å². The first-order valence-corrected chi connectivity index (χ1v) is 8.52. The van der Waals surface area contributed by atoms with E-state index in [9.17, 15) is 0 Å². The zero-order valence-corrected chi connectivity index (χ0v) is 14.6. The van der Waals surface area contributed by atoms with Gasteiger partial charge in [0.2, 0.25) is 0 Å². The van der Waals surface area contributed by atoms with Crippen LogP contribution in [0.5, 0.6) is 5.75 Å². The van der Waals surface area contributed by atoms with Crippen molar-refractivity contribution in [1.29, 1.82) is 0 Å². The van der Waals surface area contributed by atoms with Crippen molar-refractivity contribution >= 4 is 17.0 Å². The highest BCUT2D eigenvalue weighted by Crippen LogP contribution is 2.34. The van der Waals surface area contributed by atoms with E-state index < -0.39 is 0 Å². The monoisotopic (exact) mass is 317 g/mol. The second kappa shape index (κ2) is 5.27. The normalized spacial score (nSPS) is 17.1. The van der Waals surface area contributed by atoms with Gasteiger partial charge in [-0.3, -0.25) is 0 Å². The first-order valence-electron chi connectivity index (χ1n) is 8.52. The zero-order valence-electron chi connectivity index (χ0n) is 14.6. The molecule has 0 amide bonds. The van der Waals surface area contributed by atoms with E-state index in [2.05, 4.69) is 56.9 Å². The maximum Gasteiger partial charge on any atom is 0.134 e. The quantitative estimate of drug-likeness (QED) is 0.838.